The van der Waals surface area contributed by atoms with Crippen LogP contribution in [0, 0.1) is 12.3 Å². The fourth-order valence-electron chi connectivity index (χ4n) is 1.90. The first-order valence-corrected chi connectivity index (χ1v) is 6.52. The molecule has 0 aliphatic heterocycles. The second-order valence-electron chi connectivity index (χ2n) is 5.52. The lowest BCUT2D eigenvalue weighted by molar-refractivity contribution is 0.411. The largest absolute Gasteiger partial charge is 0.138 e. The molecular formula is C14H17N2S. The average Bonchev–Trinajstić information content (AvgIpc) is 2.68. The number of benzene rings is 1. The van der Waals surface area contributed by atoms with Gasteiger partial charge in [-0.25, -0.2) is 0 Å². The van der Waals surface area contributed by atoms with Crippen molar-refractivity contribution < 1.29 is 0 Å². The van der Waals surface area contributed by atoms with Crippen LogP contribution in [-0.4, -0.2) is 9.59 Å². The quantitative estimate of drug-likeness (QED) is 0.800. The van der Waals surface area contributed by atoms with Gasteiger partial charge in [-0.3, -0.25) is 0 Å². The van der Waals surface area contributed by atoms with Gasteiger partial charge in [0.25, 0.3) is 0 Å². The van der Waals surface area contributed by atoms with Crippen LogP contribution in [0.2, 0.25) is 0 Å². The minimum atomic E-state index is 0.302. The monoisotopic (exact) mass is 245 g/mol. The smallest absolute Gasteiger partial charge is 0.106 e. The van der Waals surface area contributed by atoms with Crippen LogP contribution in [0.5, 0.6) is 0 Å². The highest BCUT2D eigenvalue weighted by Crippen LogP contribution is 2.26. The van der Waals surface area contributed by atoms with Crippen molar-refractivity contribution in [2.45, 2.75) is 27.2 Å². The van der Waals surface area contributed by atoms with Crippen LogP contribution in [0.4, 0.5) is 0 Å². The Bertz CT molecular complexity index is 495. The van der Waals surface area contributed by atoms with Crippen LogP contribution >= 0.6 is 11.5 Å². The number of nitrogens with zero attached hydrogens (tertiary/aromatic N) is 2. The van der Waals surface area contributed by atoms with Gasteiger partial charge in [0, 0.05) is 10.9 Å². The Morgan fingerprint density at radius 2 is 2.06 bits per heavy atom. The van der Waals surface area contributed by atoms with Crippen LogP contribution in [0.25, 0.3) is 11.3 Å². The van der Waals surface area contributed by atoms with Crippen LogP contribution in [0.3, 0.4) is 0 Å². The molecule has 1 heterocycles. The minimum absolute atomic E-state index is 0.302. The lowest BCUT2D eigenvalue weighted by atomic mass is 9.87. The molecule has 1 radical (unpaired) electrons. The van der Waals surface area contributed by atoms with E-state index in [2.05, 4.69) is 55.5 Å². The second-order valence-corrected chi connectivity index (χ2v) is 6.13. The third-order valence-electron chi connectivity index (χ3n) is 2.54. The molecule has 0 saturated heterocycles. The summed E-state index contributed by atoms with van der Waals surface area (Å²) in [5, 5.41) is 6.03. The Morgan fingerprint density at radius 3 is 2.59 bits per heavy atom. The summed E-state index contributed by atoms with van der Waals surface area (Å²) >= 11 is 1.37. The SMILES string of the molecule is [CH2]c1cc(CC(C)(C)C)ccc1-c1csnn1. The Balaban J connectivity index is 2.30. The molecule has 2 rings (SSSR count). The number of rotatable bonds is 2. The van der Waals surface area contributed by atoms with Crippen molar-refractivity contribution in [1.29, 1.82) is 0 Å². The maximum absolute atomic E-state index is 4.10. The zero-order valence-corrected chi connectivity index (χ0v) is 11.3. The van der Waals surface area contributed by atoms with Gasteiger partial charge in [-0.15, -0.1) is 5.10 Å². The summed E-state index contributed by atoms with van der Waals surface area (Å²) in [6.07, 6.45) is 1.06. The number of aromatic nitrogens is 2. The Morgan fingerprint density at radius 1 is 1.29 bits per heavy atom. The summed E-state index contributed by atoms with van der Waals surface area (Å²) in [6.45, 7) is 10.8. The molecule has 0 unspecified atom stereocenters. The van der Waals surface area contributed by atoms with Gasteiger partial charge in [0.05, 0.1) is 0 Å². The standard InChI is InChI=1S/C14H17N2S/c1-10-7-11(8-14(2,3)4)5-6-12(10)13-9-17-16-15-13/h5-7,9H,1,8H2,2-4H3. The normalized spacial score (nSPS) is 11.8. The lowest BCUT2D eigenvalue weighted by Crippen LogP contribution is -2.09. The van der Waals surface area contributed by atoms with Crippen molar-refractivity contribution in [3.05, 3.63) is 41.6 Å². The highest BCUT2D eigenvalue weighted by molar-refractivity contribution is 7.03. The molecule has 0 aliphatic rings. The molecule has 0 atom stereocenters. The van der Waals surface area contributed by atoms with E-state index in [1.54, 1.807) is 0 Å². The molecule has 0 bridgehead atoms. The van der Waals surface area contributed by atoms with E-state index in [-0.39, 0.29) is 0 Å². The van der Waals surface area contributed by atoms with Crippen LogP contribution < -0.4 is 0 Å². The first kappa shape index (κ1) is 12.2. The molecule has 17 heavy (non-hydrogen) atoms. The molecule has 0 aliphatic carbocycles. The highest BCUT2D eigenvalue weighted by Gasteiger charge is 2.12. The van der Waals surface area contributed by atoms with Gasteiger partial charge in [0.2, 0.25) is 0 Å². The molecule has 3 heteroatoms. The molecular weight excluding hydrogens is 228 g/mol. The highest BCUT2D eigenvalue weighted by atomic mass is 32.1. The van der Waals surface area contributed by atoms with Gasteiger partial charge >= 0.3 is 0 Å². The fraction of sp³-hybridized carbons (Fsp3) is 0.357. The number of hydrogen-bond donors (Lipinski definition) is 0. The summed E-state index contributed by atoms with van der Waals surface area (Å²) in [4.78, 5) is 0. The molecule has 0 fully saturated rings. The summed E-state index contributed by atoms with van der Waals surface area (Å²) in [6, 6.07) is 6.41. The molecule has 2 nitrogen and oxygen atoms in total. The third-order valence-corrected chi connectivity index (χ3v) is 3.04. The zero-order chi connectivity index (χ0) is 12.5. The van der Waals surface area contributed by atoms with Crippen LogP contribution in [-0.2, 0) is 6.42 Å². The summed E-state index contributed by atoms with van der Waals surface area (Å²) in [7, 11) is 0. The van der Waals surface area contributed by atoms with E-state index in [9.17, 15) is 0 Å². The van der Waals surface area contributed by atoms with Gasteiger partial charge in [-0.2, -0.15) is 0 Å². The molecule has 0 saturated carbocycles. The molecule has 2 aromatic rings. The Hall–Kier alpha value is -1.22. The first-order valence-electron chi connectivity index (χ1n) is 5.68. The maximum Gasteiger partial charge on any atom is 0.106 e. The van der Waals surface area contributed by atoms with E-state index >= 15 is 0 Å². The van der Waals surface area contributed by atoms with Gasteiger partial charge in [-0.1, -0.05) is 43.5 Å². The van der Waals surface area contributed by atoms with E-state index in [0.717, 1.165) is 23.2 Å². The summed E-state index contributed by atoms with van der Waals surface area (Å²) in [5.41, 5.74) is 4.66. The van der Waals surface area contributed by atoms with E-state index in [0.29, 0.717) is 5.41 Å². The summed E-state index contributed by atoms with van der Waals surface area (Å²) < 4.78 is 3.89. The topological polar surface area (TPSA) is 25.8 Å². The number of hydrogen-bond acceptors (Lipinski definition) is 3. The van der Waals surface area contributed by atoms with Crippen LogP contribution in [0.15, 0.2) is 23.6 Å². The predicted molar refractivity (Wildman–Crippen MR) is 73.0 cm³/mol. The van der Waals surface area contributed by atoms with Gasteiger partial charge in [0.1, 0.15) is 5.69 Å². The molecule has 1 aromatic carbocycles. The second kappa shape index (κ2) is 4.57. The lowest BCUT2D eigenvalue weighted by Gasteiger charge is -2.18. The van der Waals surface area contributed by atoms with E-state index in [4.69, 9.17) is 0 Å². The molecule has 0 spiro atoms. The third kappa shape index (κ3) is 3.13. The average molecular weight is 245 g/mol. The molecule has 1 aromatic heterocycles. The van der Waals surface area contributed by atoms with Crippen molar-refractivity contribution in [2.24, 2.45) is 5.41 Å². The van der Waals surface area contributed by atoms with Crippen molar-refractivity contribution >= 4 is 11.5 Å². The van der Waals surface area contributed by atoms with E-state index < -0.39 is 0 Å². The summed E-state index contributed by atoms with van der Waals surface area (Å²) in [5.74, 6) is 0. The van der Waals surface area contributed by atoms with Crippen molar-refractivity contribution in [1.82, 2.24) is 9.59 Å². The molecule has 0 amide bonds. The van der Waals surface area contributed by atoms with Gasteiger partial charge in [0.15, 0.2) is 0 Å². The Kier molecular flexibility index (Phi) is 3.29. The predicted octanol–water partition coefficient (Wildman–Crippen LogP) is 3.98. The molecule has 0 N–H and O–H groups in total. The van der Waals surface area contributed by atoms with E-state index in [1.807, 2.05) is 5.38 Å². The maximum atomic E-state index is 4.10. The fourth-order valence-corrected chi connectivity index (χ4v) is 2.36. The van der Waals surface area contributed by atoms with Crippen molar-refractivity contribution in [3.63, 3.8) is 0 Å². The first-order chi connectivity index (χ1) is 7.96. The van der Waals surface area contributed by atoms with Gasteiger partial charge in [-0.05, 0) is 41.4 Å². The Labute approximate surface area is 107 Å². The van der Waals surface area contributed by atoms with Crippen molar-refractivity contribution in [2.75, 3.05) is 0 Å². The van der Waals surface area contributed by atoms with Gasteiger partial charge < -0.3 is 0 Å². The minimum Gasteiger partial charge on any atom is -0.138 e. The molecule has 89 valence electrons. The van der Waals surface area contributed by atoms with E-state index in [1.165, 1.54) is 17.1 Å². The van der Waals surface area contributed by atoms with Crippen molar-refractivity contribution in [3.8, 4) is 11.3 Å². The zero-order valence-electron chi connectivity index (χ0n) is 10.5. The van der Waals surface area contributed by atoms with Crippen LogP contribution in [0.1, 0.15) is 31.9 Å².